The van der Waals surface area contributed by atoms with E-state index in [0.717, 1.165) is 10.6 Å². The molecular weight excluding hydrogens is 461 g/mol. The Morgan fingerprint density at radius 3 is 2.71 bits per heavy atom. The van der Waals surface area contributed by atoms with Crippen LogP contribution in [0.5, 0.6) is 0 Å². The summed E-state index contributed by atoms with van der Waals surface area (Å²) in [5.41, 5.74) is 4.23. The molecule has 0 spiro atoms. The Labute approximate surface area is 196 Å². The molecule has 9 nitrogen and oxygen atoms in total. The third-order valence-electron chi connectivity index (χ3n) is 5.92. The van der Waals surface area contributed by atoms with Crippen molar-refractivity contribution >= 4 is 22.5 Å². The first-order valence-electron chi connectivity index (χ1n) is 10.6. The highest BCUT2D eigenvalue weighted by Gasteiger charge is 2.37. The van der Waals surface area contributed by atoms with Crippen molar-refractivity contribution < 1.29 is 13.2 Å². The van der Waals surface area contributed by atoms with Gasteiger partial charge in [0.1, 0.15) is 29.6 Å². The molecule has 0 aliphatic carbocycles. The number of halogens is 3. The van der Waals surface area contributed by atoms with Gasteiger partial charge in [-0.2, -0.15) is 18.4 Å². The Morgan fingerprint density at radius 2 is 2.00 bits per heavy atom. The Morgan fingerprint density at radius 1 is 1.17 bits per heavy atom. The summed E-state index contributed by atoms with van der Waals surface area (Å²) in [6, 6.07) is 8.06. The molecule has 35 heavy (non-hydrogen) atoms. The number of nitriles is 1. The van der Waals surface area contributed by atoms with Gasteiger partial charge in [-0.1, -0.05) is 6.07 Å². The molecule has 3 aromatic heterocycles. The average molecular weight is 478 g/mol. The molecule has 2 N–H and O–H groups in total. The number of anilines is 2. The van der Waals surface area contributed by atoms with Crippen LogP contribution in [-0.4, -0.2) is 31.0 Å². The predicted molar refractivity (Wildman–Crippen MR) is 121 cm³/mol. The van der Waals surface area contributed by atoms with Gasteiger partial charge in [0.25, 0.3) is 5.56 Å². The zero-order valence-electron chi connectivity index (χ0n) is 18.1. The molecular formula is C23H17F3N8O. The van der Waals surface area contributed by atoms with Gasteiger partial charge in [0.2, 0.25) is 0 Å². The number of alkyl halides is 3. The van der Waals surface area contributed by atoms with Crippen molar-refractivity contribution in [3.8, 4) is 11.8 Å². The topological polar surface area (TPSA) is 127 Å². The zero-order valence-corrected chi connectivity index (χ0v) is 18.1. The summed E-state index contributed by atoms with van der Waals surface area (Å²) < 4.78 is 42.5. The molecule has 1 aromatic carbocycles. The number of aromatic nitrogens is 5. The molecule has 4 heterocycles. The van der Waals surface area contributed by atoms with Crippen molar-refractivity contribution in [1.29, 1.82) is 5.26 Å². The molecule has 1 fully saturated rings. The van der Waals surface area contributed by atoms with Crippen molar-refractivity contribution in [1.82, 2.24) is 24.5 Å². The van der Waals surface area contributed by atoms with Crippen LogP contribution < -0.4 is 16.2 Å². The Bertz CT molecular complexity index is 1530. The van der Waals surface area contributed by atoms with Crippen LogP contribution in [0.3, 0.4) is 0 Å². The number of hydrogen-bond donors (Lipinski definition) is 1. The van der Waals surface area contributed by atoms with Crippen molar-refractivity contribution in [3.05, 3.63) is 76.4 Å². The van der Waals surface area contributed by atoms with E-state index < -0.39 is 28.7 Å². The second-order valence-electron chi connectivity index (χ2n) is 7.94. The number of pyridine rings is 1. The molecule has 4 aromatic rings. The molecule has 12 heteroatoms. The van der Waals surface area contributed by atoms with Gasteiger partial charge in [-0.3, -0.25) is 14.3 Å². The van der Waals surface area contributed by atoms with Crippen molar-refractivity contribution in [3.63, 3.8) is 0 Å². The van der Waals surface area contributed by atoms with Crippen molar-refractivity contribution in [2.45, 2.75) is 25.1 Å². The van der Waals surface area contributed by atoms with Gasteiger partial charge >= 0.3 is 6.18 Å². The van der Waals surface area contributed by atoms with Gasteiger partial charge in [0.15, 0.2) is 5.82 Å². The SMILES string of the molecule is N#Cc1c(N)ncnc1N1CCCC1c1nc2cccc(C(F)(F)F)c2c(=O)n1-c1cccnc1. The Balaban J connectivity index is 1.81. The smallest absolute Gasteiger partial charge is 0.382 e. The number of nitrogens with zero attached hydrogens (tertiary/aromatic N) is 7. The van der Waals surface area contributed by atoms with Crippen LogP contribution in [0.25, 0.3) is 16.6 Å². The second kappa shape index (κ2) is 8.35. The van der Waals surface area contributed by atoms with Gasteiger partial charge in [0, 0.05) is 12.7 Å². The highest BCUT2D eigenvalue weighted by atomic mass is 19.4. The van der Waals surface area contributed by atoms with Crippen LogP contribution in [0, 0.1) is 11.3 Å². The fourth-order valence-electron chi connectivity index (χ4n) is 4.45. The van der Waals surface area contributed by atoms with Crippen LogP contribution in [0.2, 0.25) is 0 Å². The van der Waals surface area contributed by atoms with Crippen molar-refractivity contribution in [2.75, 3.05) is 17.2 Å². The van der Waals surface area contributed by atoms with E-state index in [9.17, 15) is 23.2 Å². The van der Waals surface area contributed by atoms with E-state index in [4.69, 9.17) is 5.73 Å². The van der Waals surface area contributed by atoms with Gasteiger partial charge in [-0.05, 0) is 37.1 Å². The van der Waals surface area contributed by atoms with E-state index in [-0.39, 0.29) is 34.2 Å². The minimum atomic E-state index is -4.74. The summed E-state index contributed by atoms with van der Waals surface area (Å²) in [5, 5.41) is 9.09. The maximum Gasteiger partial charge on any atom is 0.417 e. The summed E-state index contributed by atoms with van der Waals surface area (Å²) in [7, 11) is 0. The second-order valence-corrected chi connectivity index (χ2v) is 7.94. The molecule has 176 valence electrons. The molecule has 1 unspecified atom stereocenters. The number of benzene rings is 1. The summed E-state index contributed by atoms with van der Waals surface area (Å²) in [5.74, 6) is 0.501. The lowest BCUT2D eigenvalue weighted by molar-refractivity contribution is -0.136. The number of fused-ring (bicyclic) bond motifs is 1. The van der Waals surface area contributed by atoms with E-state index in [2.05, 4.69) is 19.9 Å². The normalized spacial score (nSPS) is 15.9. The first-order valence-corrected chi connectivity index (χ1v) is 10.6. The van der Waals surface area contributed by atoms with E-state index in [1.54, 1.807) is 17.0 Å². The van der Waals surface area contributed by atoms with E-state index >= 15 is 0 Å². The third-order valence-corrected chi connectivity index (χ3v) is 5.92. The summed E-state index contributed by atoms with van der Waals surface area (Å²) in [6.07, 6.45) is 0.563. The van der Waals surface area contributed by atoms with Crippen LogP contribution in [0.1, 0.15) is 35.8 Å². The molecule has 0 radical (unpaired) electrons. The fraction of sp³-hybridized carbons (Fsp3) is 0.217. The van der Waals surface area contributed by atoms with Gasteiger partial charge in [-0.15, -0.1) is 0 Å². The summed E-state index contributed by atoms with van der Waals surface area (Å²) >= 11 is 0. The lowest BCUT2D eigenvalue weighted by atomic mass is 10.1. The maximum atomic E-state index is 13.8. The monoisotopic (exact) mass is 478 g/mol. The zero-order chi connectivity index (χ0) is 24.7. The molecule has 0 amide bonds. The predicted octanol–water partition coefficient (Wildman–Crippen LogP) is 3.38. The van der Waals surface area contributed by atoms with Gasteiger partial charge in [0.05, 0.1) is 34.4 Å². The van der Waals surface area contributed by atoms with Gasteiger partial charge in [-0.25, -0.2) is 15.0 Å². The summed E-state index contributed by atoms with van der Waals surface area (Å²) in [4.78, 5) is 32.1. The fourth-order valence-corrected chi connectivity index (χ4v) is 4.45. The largest absolute Gasteiger partial charge is 0.417 e. The van der Waals surface area contributed by atoms with E-state index in [1.165, 1.54) is 30.9 Å². The third kappa shape index (κ3) is 3.71. The van der Waals surface area contributed by atoms with Crippen LogP contribution >= 0.6 is 0 Å². The quantitative estimate of drug-likeness (QED) is 0.475. The van der Waals surface area contributed by atoms with Gasteiger partial charge < -0.3 is 10.6 Å². The summed E-state index contributed by atoms with van der Waals surface area (Å²) in [6.45, 7) is 0.472. The van der Waals surface area contributed by atoms with E-state index in [1.807, 2.05) is 6.07 Å². The highest BCUT2D eigenvalue weighted by molar-refractivity contribution is 5.82. The number of hydrogen-bond acceptors (Lipinski definition) is 8. The average Bonchev–Trinajstić information content (AvgIpc) is 3.33. The van der Waals surface area contributed by atoms with E-state index in [0.29, 0.717) is 19.4 Å². The standard InChI is InChI=1S/C23H17F3N8O/c24-23(25,26)15-5-1-6-16-18(15)22(35)34(13-4-2-8-29-11-13)21(32-16)17-7-3-9-33(17)20-14(10-27)19(28)30-12-31-20/h1-2,4-6,8,11-12,17H,3,7,9H2,(H2,28,30,31). The van der Waals surface area contributed by atoms with Crippen LogP contribution in [-0.2, 0) is 6.18 Å². The first-order chi connectivity index (χ1) is 16.8. The number of nitrogen functional groups attached to an aromatic ring is 1. The minimum absolute atomic E-state index is 0.00842. The molecule has 0 bridgehead atoms. The lowest BCUT2D eigenvalue weighted by Gasteiger charge is -2.28. The Hall–Kier alpha value is -4.53. The molecule has 5 rings (SSSR count). The molecule has 1 atom stereocenters. The maximum absolute atomic E-state index is 13.8. The lowest BCUT2D eigenvalue weighted by Crippen LogP contribution is -2.33. The number of rotatable bonds is 3. The molecule has 1 saturated heterocycles. The Kier molecular flexibility index (Phi) is 5.32. The molecule has 0 saturated carbocycles. The molecule has 1 aliphatic heterocycles. The minimum Gasteiger partial charge on any atom is -0.382 e. The molecule has 1 aliphatic rings. The number of nitrogens with two attached hydrogens (primary N) is 1. The highest BCUT2D eigenvalue weighted by Crippen LogP contribution is 2.38. The first kappa shape index (κ1) is 22.3. The van der Waals surface area contributed by atoms with Crippen LogP contribution in [0.4, 0.5) is 24.8 Å². The van der Waals surface area contributed by atoms with Crippen molar-refractivity contribution in [2.24, 2.45) is 0 Å². The van der Waals surface area contributed by atoms with Crippen LogP contribution in [0.15, 0.2) is 53.8 Å².